The molecule has 0 aromatic heterocycles. The van der Waals surface area contributed by atoms with Crippen molar-refractivity contribution in [1.29, 1.82) is 0 Å². The van der Waals surface area contributed by atoms with Crippen LogP contribution < -0.4 is 5.73 Å². The van der Waals surface area contributed by atoms with Gasteiger partial charge in [0.2, 0.25) is 0 Å². The first-order valence-electron chi connectivity index (χ1n) is 4.42. The molecule has 58 valence electrons. The number of hydrogen-bond acceptors (Lipinski definition) is 1. The summed E-state index contributed by atoms with van der Waals surface area (Å²) in [5.74, 6) is 2.70. The Morgan fingerprint density at radius 1 is 1.30 bits per heavy atom. The van der Waals surface area contributed by atoms with Crippen molar-refractivity contribution in [3.8, 4) is 0 Å². The maximum Gasteiger partial charge on any atom is 0.0187 e. The van der Waals surface area contributed by atoms with Crippen molar-refractivity contribution in [2.24, 2.45) is 23.5 Å². The molecule has 2 aliphatic carbocycles. The molecule has 0 aromatic carbocycles. The largest absolute Gasteiger partial charge is 0.325 e. The minimum Gasteiger partial charge on any atom is -0.325 e. The van der Waals surface area contributed by atoms with Crippen LogP contribution in [0.5, 0.6) is 0 Å². The van der Waals surface area contributed by atoms with Gasteiger partial charge < -0.3 is 5.73 Å². The lowest BCUT2D eigenvalue weighted by Crippen LogP contribution is -2.46. The van der Waals surface area contributed by atoms with E-state index >= 15 is 0 Å². The molecular formula is C9H17N. The van der Waals surface area contributed by atoms with Crippen LogP contribution in [0.1, 0.15) is 33.1 Å². The van der Waals surface area contributed by atoms with Crippen molar-refractivity contribution in [2.75, 3.05) is 0 Å². The Morgan fingerprint density at radius 2 is 1.90 bits per heavy atom. The standard InChI is InChI=1S/C9H17N/c1-6-5-8(7(6)2)9(10)3-4-9/h6-8H,3-5,10H2,1-2H3/t6?,7-,8+/m0/s1. The number of hydrogen-bond donors (Lipinski definition) is 1. The fourth-order valence-corrected chi connectivity index (χ4v) is 2.30. The van der Waals surface area contributed by atoms with Gasteiger partial charge in [0.1, 0.15) is 0 Å². The van der Waals surface area contributed by atoms with Gasteiger partial charge in [-0.3, -0.25) is 0 Å². The molecule has 0 heterocycles. The van der Waals surface area contributed by atoms with Crippen LogP contribution in [-0.2, 0) is 0 Å². The Balaban J connectivity index is 1.97. The summed E-state index contributed by atoms with van der Waals surface area (Å²) in [6, 6.07) is 0. The summed E-state index contributed by atoms with van der Waals surface area (Å²) in [7, 11) is 0. The van der Waals surface area contributed by atoms with Crippen LogP contribution in [0.4, 0.5) is 0 Å². The fourth-order valence-electron chi connectivity index (χ4n) is 2.30. The maximum atomic E-state index is 6.10. The Morgan fingerprint density at radius 3 is 2.20 bits per heavy atom. The third kappa shape index (κ3) is 0.731. The van der Waals surface area contributed by atoms with Crippen LogP contribution >= 0.6 is 0 Å². The first kappa shape index (κ1) is 6.66. The molecule has 2 N–H and O–H groups in total. The van der Waals surface area contributed by atoms with Gasteiger partial charge in [-0.25, -0.2) is 0 Å². The predicted octanol–water partition coefficient (Wildman–Crippen LogP) is 1.77. The SMILES string of the molecule is CC1C[C@@H](C2(N)CC2)[C@H]1C. The molecule has 0 bridgehead atoms. The summed E-state index contributed by atoms with van der Waals surface area (Å²) in [5.41, 5.74) is 6.40. The van der Waals surface area contributed by atoms with Gasteiger partial charge >= 0.3 is 0 Å². The van der Waals surface area contributed by atoms with Gasteiger partial charge in [-0.1, -0.05) is 13.8 Å². The average Bonchev–Trinajstić information content (AvgIpc) is 2.63. The minimum absolute atomic E-state index is 0.298. The molecule has 1 heteroatoms. The molecule has 0 radical (unpaired) electrons. The van der Waals surface area contributed by atoms with Gasteiger partial charge in [-0.2, -0.15) is 0 Å². The normalized spacial score (nSPS) is 50.1. The van der Waals surface area contributed by atoms with Gasteiger partial charge in [0.05, 0.1) is 0 Å². The van der Waals surface area contributed by atoms with Gasteiger partial charge in [0.25, 0.3) is 0 Å². The van der Waals surface area contributed by atoms with Gasteiger partial charge in [-0.05, 0) is 37.0 Å². The Hall–Kier alpha value is -0.0400. The molecule has 0 saturated heterocycles. The Kier molecular flexibility index (Phi) is 1.17. The maximum absolute atomic E-state index is 6.10. The van der Waals surface area contributed by atoms with Crippen molar-refractivity contribution in [3.63, 3.8) is 0 Å². The zero-order valence-electron chi connectivity index (χ0n) is 6.93. The molecule has 10 heavy (non-hydrogen) atoms. The second kappa shape index (κ2) is 1.76. The van der Waals surface area contributed by atoms with E-state index in [1.165, 1.54) is 19.3 Å². The molecule has 0 aromatic rings. The van der Waals surface area contributed by atoms with E-state index < -0.39 is 0 Å². The van der Waals surface area contributed by atoms with E-state index in [2.05, 4.69) is 13.8 Å². The van der Waals surface area contributed by atoms with E-state index in [1.807, 2.05) is 0 Å². The zero-order chi connectivity index (χ0) is 7.35. The molecule has 0 aliphatic heterocycles. The molecule has 1 nitrogen and oxygen atoms in total. The van der Waals surface area contributed by atoms with E-state index in [1.54, 1.807) is 0 Å². The van der Waals surface area contributed by atoms with Crippen molar-refractivity contribution in [1.82, 2.24) is 0 Å². The van der Waals surface area contributed by atoms with Crippen LogP contribution in [-0.4, -0.2) is 5.54 Å². The summed E-state index contributed by atoms with van der Waals surface area (Å²) in [5, 5.41) is 0. The quantitative estimate of drug-likeness (QED) is 0.588. The zero-order valence-corrected chi connectivity index (χ0v) is 6.93. The van der Waals surface area contributed by atoms with Gasteiger partial charge in [0, 0.05) is 5.54 Å². The highest BCUT2D eigenvalue weighted by molar-refractivity contribution is 5.09. The third-order valence-electron chi connectivity index (χ3n) is 3.72. The molecule has 3 atom stereocenters. The molecule has 2 fully saturated rings. The molecule has 1 unspecified atom stereocenters. The van der Waals surface area contributed by atoms with Gasteiger partial charge in [-0.15, -0.1) is 0 Å². The monoisotopic (exact) mass is 139 g/mol. The van der Waals surface area contributed by atoms with Crippen LogP contribution in [0.2, 0.25) is 0 Å². The topological polar surface area (TPSA) is 26.0 Å². The highest BCUT2D eigenvalue weighted by atomic mass is 14.9. The van der Waals surface area contributed by atoms with Crippen LogP contribution in [0.3, 0.4) is 0 Å². The van der Waals surface area contributed by atoms with Crippen molar-refractivity contribution >= 4 is 0 Å². The first-order chi connectivity index (χ1) is 4.63. The molecule has 2 rings (SSSR count). The highest BCUT2D eigenvalue weighted by Gasteiger charge is 2.53. The second-order valence-corrected chi connectivity index (χ2v) is 4.41. The van der Waals surface area contributed by atoms with Crippen molar-refractivity contribution in [2.45, 2.75) is 38.6 Å². The first-order valence-corrected chi connectivity index (χ1v) is 4.42. The van der Waals surface area contributed by atoms with E-state index in [9.17, 15) is 0 Å². The fraction of sp³-hybridized carbons (Fsp3) is 1.00. The summed E-state index contributed by atoms with van der Waals surface area (Å²) < 4.78 is 0. The summed E-state index contributed by atoms with van der Waals surface area (Å²) >= 11 is 0. The van der Waals surface area contributed by atoms with E-state index in [4.69, 9.17) is 5.73 Å². The lowest BCUT2D eigenvalue weighted by molar-refractivity contribution is 0.0701. The minimum atomic E-state index is 0.298. The Labute approximate surface area is 63.0 Å². The second-order valence-electron chi connectivity index (χ2n) is 4.41. The van der Waals surface area contributed by atoms with E-state index in [0.717, 1.165) is 17.8 Å². The average molecular weight is 139 g/mol. The molecule has 0 spiro atoms. The van der Waals surface area contributed by atoms with Crippen molar-refractivity contribution in [3.05, 3.63) is 0 Å². The predicted molar refractivity (Wildman–Crippen MR) is 42.6 cm³/mol. The van der Waals surface area contributed by atoms with Gasteiger partial charge in [0.15, 0.2) is 0 Å². The van der Waals surface area contributed by atoms with Crippen LogP contribution in [0.15, 0.2) is 0 Å². The van der Waals surface area contributed by atoms with E-state index in [0.29, 0.717) is 5.54 Å². The smallest absolute Gasteiger partial charge is 0.0187 e. The number of nitrogens with two attached hydrogens (primary N) is 1. The lowest BCUT2D eigenvalue weighted by atomic mass is 9.62. The molecular weight excluding hydrogens is 122 g/mol. The molecule has 0 amide bonds. The summed E-state index contributed by atoms with van der Waals surface area (Å²) in [6.07, 6.45) is 3.96. The van der Waals surface area contributed by atoms with Crippen LogP contribution in [0.25, 0.3) is 0 Å². The summed E-state index contributed by atoms with van der Waals surface area (Å²) in [6.45, 7) is 4.69. The summed E-state index contributed by atoms with van der Waals surface area (Å²) in [4.78, 5) is 0. The number of rotatable bonds is 1. The lowest BCUT2D eigenvalue weighted by Gasteiger charge is -2.44. The van der Waals surface area contributed by atoms with Crippen molar-refractivity contribution < 1.29 is 0 Å². The Bertz CT molecular complexity index is 149. The van der Waals surface area contributed by atoms with E-state index in [-0.39, 0.29) is 0 Å². The highest BCUT2D eigenvalue weighted by Crippen LogP contribution is 2.54. The van der Waals surface area contributed by atoms with Crippen LogP contribution in [0, 0.1) is 17.8 Å². The molecule has 2 aliphatic rings. The third-order valence-corrected chi connectivity index (χ3v) is 3.72. The molecule has 2 saturated carbocycles.